The van der Waals surface area contributed by atoms with Gasteiger partial charge >= 0.3 is 0 Å². The highest BCUT2D eigenvalue weighted by Gasteiger charge is 2.24. The normalized spacial score (nSPS) is 11.4. The Bertz CT molecular complexity index is 3220. The van der Waals surface area contributed by atoms with Crippen molar-refractivity contribution >= 4 is 60.5 Å². The summed E-state index contributed by atoms with van der Waals surface area (Å²) >= 11 is 0. The summed E-state index contributed by atoms with van der Waals surface area (Å²) in [5.41, 5.74) is 14.2. The molecular weight excluding hydrogens is 703 g/mol. The van der Waals surface area contributed by atoms with Gasteiger partial charge in [-0.3, -0.25) is 0 Å². The van der Waals surface area contributed by atoms with E-state index in [1.165, 1.54) is 49.4 Å². The van der Waals surface area contributed by atoms with Gasteiger partial charge in [0.25, 0.3) is 0 Å². The Hall–Kier alpha value is -7.68. The maximum Gasteiger partial charge on any atom is 0.137 e. The van der Waals surface area contributed by atoms with Gasteiger partial charge in [0.15, 0.2) is 0 Å². The molecule has 0 N–H and O–H groups in total. The Labute approximate surface area is 337 Å². The molecule has 2 heteroatoms. The summed E-state index contributed by atoms with van der Waals surface area (Å²) in [5.74, 6) is 0. The minimum Gasteiger partial charge on any atom is -0.456 e. The molecule has 0 fully saturated rings. The molecule has 11 rings (SSSR count). The predicted octanol–water partition coefficient (Wildman–Crippen LogP) is 16.0. The zero-order chi connectivity index (χ0) is 38.4. The molecule has 272 valence electrons. The number of benzene rings is 10. The lowest BCUT2D eigenvalue weighted by atomic mass is 9.85. The number of anilines is 3. The van der Waals surface area contributed by atoms with Crippen LogP contribution in [0.4, 0.5) is 17.1 Å². The second-order valence-corrected chi connectivity index (χ2v) is 14.9. The first kappa shape index (κ1) is 33.6. The van der Waals surface area contributed by atoms with Gasteiger partial charge in [0, 0.05) is 33.8 Å². The van der Waals surface area contributed by atoms with Crippen molar-refractivity contribution < 1.29 is 4.42 Å². The van der Waals surface area contributed by atoms with Gasteiger partial charge in [0.1, 0.15) is 11.2 Å². The van der Waals surface area contributed by atoms with E-state index >= 15 is 0 Å². The van der Waals surface area contributed by atoms with E-state index in [4.69, 9.17) is 4.42 Å². The van der Waals surface area contributed by atoms with Crippen molar-refractivity contribution in [3.05, 3.63) is 224 Å². The Morgan fingerprint density at radius 2 is 0.862 bits per heavy atom. The van der Waals surface area contributed by atoms with Gasteiger partial charge in [-0.25, -0.2) is 0 Å². The highest BCUT2D eigenvalue weighted by atomic mass is 16.3. The lowest BCUT2D eigenvalue weighted by Gasteiger charge is -2.30. The summed E-state index contributed by atoms with van der Waals surface area (Å²) in [4.78, 5) is 2.40. The summed E-state index contributed by atoms with van der Waals surface area (Å²) < 4.78 is 6.51. The summed E-state index contributed by atoms with van der Waals surface area (Å²) in [6, 6.07) is 80.9. The van der Waals surface area contributed by atoms with Crippen LogP contribution in [0.3, 0.4) is 0 Å². The highest BCUT2D eigenvalue weighted by molar-refractivity contribution is 6.17. The zero-order valence-corrected chi connectivity index (χ0v) is 31.7. The van der Waals surface area contributed by atoms with Crippen molar-refractivity contribution in [1.29, 1.82) is 0 Å². The van der Waals surface area contributed by atoms with Crippen LogP contribution in [0.1, 0.15) is 0 Å². The third-order valence-electron chi connectivity index (χ3n) is 11.4. The molecular formula is C56H37NO. The Morgan fingerprint density at radius 3 is 1.59 bits per heavy atom. The fourth-order valence-electron chi connectivity index (χ4n) is 8.75. The van der Waals surface area contributed by atoms with Crippen LogP contribution in [0.25, 0.3) is 88.0 Å². The number of nitrogens with zero attached hydrogens (tertiary/aromatic N) is 1. The van der Waals surface area contributed by atoms with Crippen LogP contribution in [-0.4, -0.2) is 0 Å². The number of para-hydroxylation sites is 2. The van der Waals surface area contributed by atoms with Gasteiger partial charge in [-0.15, -0.1) is 0 Å². The molecule has 0 aliphatic rings. The van der Waals surface area contributed by atoms with E-state index in [-0.39, 0.29) is 0 Å². The van der Waals surface area contributed by atoms with Crippen LogP contribution in [0.5, 0.6) is 0 Å². The van der Waals surface area contributed by atoms with Gasteiger partial charge in [-0.05, 0) is 121 Å². The van der Waals surface area contributed by atoms with E-state index in [9.17, 15) is 0 Å². The minimum absolute atomic E-state index is 0.858. The molecule has 11 aromatic rings. The van der Waals surface area contributed by atoms with Crippen LogP contribution >= 0.6 is 0 Å². The zero-order valence-electron chi connectivity index (χ0n) is 31.7. The SMILES string of the molecule is c1ccc(-c2cc(-c3ccccc3)cc(-c3cccc(N(c4ccccc4)c4ccc5c(c4)oc4ccccc45)c3-c3cc4ccccc4c4ccccc34)c2)cc1. The standard InChI is InChI=1S/C56H37NO/c1-4-17-38(18-5-1)41-33-42(39-19-6-2-7-20-39)35-43(34-41)47-28-16-29-53(56(47)52-36-40-21-10-11-24-46(40)48-25-12-13-26-49(48)52)57(44-22-8-3-9-23-44)45-31-32-51-50-27-14-15-30-54(50)58-55(51)37-45/h1-37H. The molecule has 58 heavy (non-hydrogen) atoms. The topological polar surface area (TPSA) is 16.4 Å². The molecule has 0 spiro atoms. The van der Waals surface area contributed by atoms with E-state index in [2.05, 4.69) is 217 Å². The third kappa shape index (κ3) is 5.82. The van der Waals surface area contributed by atoms with Crippen molar-refractivity contribution in [1.82, 2.24) is 0 Å². The van der Waals surface area contributed by atoms with Crippen molar-refractivity contribution in [2.45, 2.75) is 0 Å². The largest absolute Gasteiger partial charge is 0.456 e. The quantitative estimate of drug-likeness (QED) is 0.151. The van der Waals surface area contributed by atoms with Gasteiger partial charge in [0.05, 0.1) is 5.69 Å². The smallest absolute Gasteiger partial charge is 0.137 e. The van der Waals surface area contributed by atoms with Crippen LogP contribution in [-0.2, 0) is 0 Å². The molecule has 0 atom stereocenters. The lowest BCUT2D eigenvalue weighted by molar-refractivity contribution is 0.669. The lowest BCUT2D eigenvalue weighted by Crippen LogP contribution is -2.11. The molecule has 0 radical (unpaired) electrons. The molecule has 0 aliphatic carbocycles. The van der Waals surface area contributed by atoms with Crippen molar-refractivity contribution in [2.75, 3.05) is 4.90 Å². The fourth-order valence-corrected chi connectivity index (χ4v) is 8.75. The van der Waals surface area contributed by atoms with Crippen LogP contribution in [0.15, 0.2) is 229 Å². The predicted molar refractivity (Wildman–Crippen MR) is 245 cm³/mol. The average molecular weight is 740 g/mol. The van der Waals surface area contributed by atoms with Gasteiger partial charge in [0.2, 0.25) is 0 Å². The van der Waals surface area contributed by atoms with Gasteiger partial charge < -0.3 is 9.32 Å². The summed E-state index contributed by atoms with van der Waals surface area (Å²) in [6.07, 6.45) is 0. The minimum atomic E-state index is 0.858. The first-order valence-corrected chi connectivity index (χ1v) is 19.8. The second-order valence-electron chi connectivity index (χ2n) is 14.9. The molecule has 0 unspecified atom stereocenters. The van der Waals surface area contributed by atoms with Crippen molar-refractivity contribution in [2.24, 2.45) is 0 Å². The number of fused-ring (bicyclic) bond motifs is 6. The molecule has 0 aliphatic heterocycles. The number of hydrogen-bond donors (Lipinski definition) is 0. The molecule has 1 heterocycles. The first-order valence-electron chi connectivity index (χ1n) is 19.8. The Morgan fingerprint density at radius 1 is 0.293 bits per heavy atom. The second kappa shape index (κ2) is 14.1. The Kier molecular flexibility index (Phi) is 8.19. The molecule has 0 saturated carbocycles. The summed E-state index contributed by atoms with van der Waals surface area (Å²) in [6.45, 7) is 0. The van der Waals surface area contributed by atoms with Crippen LogP contribution in [0, 0.1) is 0 Å². The summed E-state index contributed by atoms with van der Waals surface area (Å²) in [7, 11) is 0. The number of hydrogen-bond acceptors (Lipinski definition) is 2. The van der Waals surface area contributed by atoms with Gasteiger partial charge in [-0.2, -0.15) is 0 Å². The maximum atomic E-state index is 6.51. The van der Waals surface area contributed by atoms with E-state index in [0.717, 1.165) is 55.7 Å². The average Bonchev–Trinajstić information content (AvgIpc) is 3.68. The molecule has 2 nitrogen and oxygen atoms in total. The molecule has 0 saturated heterocycles. The van der Waals surface area contributed by atoms with E-state index in [1.807, 2.05) is 12.1 Å². The third-order valence-corrected chi connectivity index (χ3v) is 11.4. The van der Waals surface area contributed by atoms with E-state index in [0.29, 0.717) is 0 Å². The van der Waals surface area contributed by atoms with Crippen molar-refractivity contribution in [3.63, 3.8) is 0 Å². The van der Waals surface area contributed by atoms with Crippen molar-refractivity contribution in [3.8, 4) is 44.5 Å². The Balaban J connectivity index is 1.25. The van der Waals surface area contributed by atoms with Crippen LogP contribution < -0.4 is 4.90 Å². The highest BCUT2D eigenvalue weighted by Crippen LogP contribution is 2.49. The molecule has 0 bridgehead atoms. The first-order chi connectivity index (χ1) is 28.8. The molecule has 1 aromatic heterocycles. The maximum absolute atomic E-state index is 6.51. The monoisotopic (exact) mass is 739 g/mol. The van der Waals surface area contributed by atoms with Crippen LogP contribution in [0.2, 0.25) is 0 Å². The van der Waals surface area contributed by atoms with E-state index in [1.54, 1.807) is 0 Å². The van der Waals surface area contributed by atoms with Gasteiger partial charge in [-0.1, -0.05) is 158 Å². The summed E-state index contributed by atoms with van der Waals surface area (Å²) in [5, 5.41) is 7.11. The van der Waals surface area contributed by atoms with E-state index < -0.39 is 0 Å². The molecule has 10 aromatic carbocycles. The number of rotatable bonds is 7. The number of furan rings is 1. The molecule has 0 amide bonds. The fraction of sp³-hybridized carbons (Fsp3) is 0.